The number of ether oxygens (including phenoxy) is 1. The van der Waals surface area contributed by atoms with Gasteiger partial charge in [-0.3, -0.25) is 14.4 Å². The molecule has 0 N–H and O–H groups in total. The third-order valence-corrected chi connectivity index (χ3v) is 4.16. The van der Waals surface area contributed by atoms with Crippen LogP contribution in [0.3, 0.4) is 0 Å². The summed E-state index contributed by atoms with van der Waals surface area (Å²) in [7, 11) is 0. The summed E-state index contributed by atoms with van der Waals surface area (Å²) in [5.74, 6) is 0.0376. The van der Waals surface area contributed by atoms with E-state index >= 15 is 0 Å². The summed E-state index contributed by atoms with van der Waals surface area (Å²) in [6.07, 6.45) is 1.39. The van der Waals surface area contributed by atoms with Crippen LogP contribution in [0.5, 0.6) is 0 Å². The Bertz CT molecular complexity index is 593. The minimum atomic E-state index is -0.300. The molecular formula is C21H31NO4. The van der Waals surface area contributed by atoms with E-state index in [4.69, 9.17) is 4.74 Å². The number of amides is 1. The average Bonchev–Trinajstić information content (AvgIpc) is 2.60. The van der Waals surface area contributed by atoms with E-state index in [0.717, 1.165) is 12.0 Å². The van der Waals surface area contributed by atoms with Gasteiger partial charge in [-0.25, -0.2) is 0 Å². The molecule has 1 aromatic carbocycles. The van der Waals surface area contributed by atoms with Crippen molar-refractivity contribution in [3.8, 4) is 0 Å². The molecule has 144 valence electrons. The van der Waals surface area contributed by atoms with Gasteiger partial charge < -0.3 is 9.64 Å². The maximum absolute atomic E-state index is 12.5. The first-order valence-electron chi connectivity index (χ1n) is 9.36. The van der Waals surface area contributed by atoms with E-state index in [1.54, 1.807) is 24.0 Å². The van der Waals surface area contributed by atoms with Gasteiger partial charge in [-0.15, -0.1) is 0 Å². The first-order valence-corrected chi connectivity index (χ1v) is 9.36. The van der Waals surface area contributed by atoms with Crippen molar-refractivity contribution in [3.63, 3.8) is 0 Å². The van der Waals surface area contributed by atoms with Gasteiger partial charge in [0, 0.05) is 31.5 Å². The fourth-order valence-corrected chi connectivity index (χ4v) is 2.50. The van der Waals surface area contributed by atoms with Crippen molar-refractivity contribution >= 4 is 17.7 Å². The van der Waals surface area contributed by atoms with E-state index < -0.39 is 0 Å². The van der Waals surface area contributed by atoms with Gasteiger partial charge in [0.25, 0.3) is 0 Å². The van der Waals surface area contributed by atoms with Gasteiger partial charge in [0.15, 0.2) is 5.78 Å². The van der Waals surface area contributed by atoms with Crippen LogP contribution in [-0.4, -0.2) is 42.3 Å². The Balaban J connectivity index is 2.58. The van der Waals surface area contributed by atoms with Gasteiger partial charge in [-0.1, -0.05) is 43.7 Å². The van der Waals surface area contributed by atoms with Gasteiger partial charge in [0.05, 0.1) is 13.0 Å². The van der Waals surface area contributed by atoms with E-state index in [1.165, 1.54) is 0 Å². The van der Waals surface area contributed by atoms with E-state index in [0.29, 0.717) is 31.2 Å². The standard InChI is InChI=1S/C21H31NO4/c1-5-26-21(25)13-15-22(14-12-16(2)3)20(24)11-10-19(23)18-8-6-17(4)7-9-18/h6-9,16H,5,10-15H2,1-4H3. The van der Waals surface area contributed by atoms with Crippen LogP contribution in [0.1, 0.15) is 62.4 Å². The van der Waals surface area contributed by atoms with Gasteiger partial charge in [-0.05, 0) is 26.2 Å². The lowest BCUT2D eigenvalue weighted by Crippen LogP contribution is -2.35. The molecule has 1 amide bonds. The topological polar surface area (TPSA) is 63.7 Å². The molecule has 0 heterocycles. The Hall–Kier alpha value is -2.17. The number of nitrogens with zero attached hydrogens (tertiary/aromatic N) is 1. The first-order chi connectivity index (χ1) is 12.3. The highest BCUT2D eigenvalue weighted by atomic mass is 16.5. The molecular weight excluding hydrogens is 330 g/mol. The molecule has 0 aliphatic carbocycles. The van der Waals surface area contributed by atoms with Crippen molar-refractivity contribution < 1.29 is 19.1 Å². The SMILES string of the molecule is CCOC(=O)CCN(CCC(C)C)C(=O)CCC(=O)c1ccc(C)cc1. The van der Waals surface area contributed by atoms with E-state index in [9.17, 15) is 14.4 Å². The third-order valence-electron chi connectivity index (χ3n) is 4.16. The number of hydrogen-bond acceptors (Lipinski definition) is 4. The second kappa shape index (κ2) is 11.4. The Kier molecular flexibility index (Phi) is 9.63. The van der Waals surface area contributed by atoms with E-state index in [1.807, 2.05) is 19.1 Å². The van der Waals surface area contributed by atoms with Crippen LogP contribution in [0, 0.1) is 12.8 Å². The second-order valence-corrected chi connectivity index (χ2v) is 6.91. The summed E-state index contributed by atoms with van der Waals surface area (Å²) in [6.45, 7) is 9.18. The zero-order valence-electron chi connectivity index (χ0n) is 16.4. The summed E-state index contributed by atoms with van der Waals surface area (Å²) in [5.41, 5.74) is 1.72. The molecule has 0 spiro atoms. The molecule has 0 saturated carbocycles. The number of esters is 1. The van der Waals surface area contributed by atoms with Crippen molar-refractivity contribution in [1.82, 2.24) is 4.90 Å². The number of ketones is 1. The van der Waals surface area contributed by atoms with Gasteiger partial charge in [0.1, 0.15) is 0 Å². The summed E-state index contributed by atoms with van der Waals surface area (Å²) < 4.78 is 4.93. The van der Waals surface area contributed by atoms with E-state index in [-0.39, 0.29) is 36.9 Å². The zero-order valence-corrected chi connectivity index (χ0v) is 16.4. The highest BCUT2D eigenvalue weighted by Crippen LogP contribution is 2.11. The summed E-state index contributed by atoms with van der Waals surface area (Å²) in [6, 6.07) is 7.37. The third kappa shape index (κ3) is 8.28. The van der Waals surface area contributed by atoms with Crippen LogP contribution in [0.2, 0.25) is 0 Å². The first kappa shape index (κ1) is 21.9. The molecule has 5 heteroatoms. The number of Topliss-reactive ketones (excluding diaryl/α,β-unsaturated/α-hetero) is 1. The molecule has 1 aromatic rings. The van der Waals surface area contributed by atoms with Crippen molar-refractivity contribution in [2.75, 3.05) is 19.7 Å². The molecule has 26 heavy (non-hydrogen) atoms. The average molecular weight is 361 g/mol. The molecule has 0 aliphatic heterocycles. The molecule has 1 rings (SSSR count). The fraction of sp³-hybridized carbons (Fsp3) is 0.571. The highest BCUT2D eigenvalue weighted by molar-refractivity contribution is 5.98. The van der Waals surface area contributed by atoms with Gasteiger partial charge >= 0.3 is 5.97 Å². The van der Waals surface area contributed by atoms with Crippen LogP contribution >= 0.6 is 0 Å². The number of aryl methyl sites for hydroxylation is 1. The maximum Gasteiger partial charge on any atom is 0.307 e. The van der Waals surface area contributed by atoms with Gasteiger partial charge in [0.2, 0.25) is 5.91 Å². The van der Waals surface area contributed by atoms with Crippen molar-refractivity contribution in [1.29, 1.82) is 0 Å². The molecule has 0 saturated heterocycles. The molecule has 0 fully saturated rings. The van der Waals surface area contributed by atoms with Crippen molar-refractivity contribution in [2.45, 2.75) is 53.4 Å². The fourth-order valence-electron chi connectivity index (χ4n) is 2.50. The van der Waals surface area contributed by atoms with Crippen LogP contribution < -0.4 is 0 Å². The van der Waals surface area contributed by atoms with Crippen molar-refractivity contribution in [2.24, 2.45) is 5.92 Å². The Morgan fingerprint density at radius 2 is 1.65 bits per heavy atom. The van der Waals surface area contributed by atoms with Crippen LogP contribution in [0.25, 0.3) is 0 Å². The number of rotatable bonds is 11. The molecule has 0 aliphatic rings. The largest absolute Gasteiger partial charge is 0.466 e. The number of carbonyl (C=O) groups is 3. The number of carbonyl (C=O) groups excluding carboxylic acids is 3. The number of benzene rings is 1. The maximum atomic E-state index is 12.5. The van der Waals surface area contributed by atoms with Crippen LogP contribution in [-0.2, 0) is 14.3 Å². The molecule has 0 atom stereocenters. The minimum absolute atomic E-state index is 0.0347. The molecule has 0 unspecified atom stereocenters. The predicted molar refractivity (Wildman–Crippen MR) is 102 cm³/mol. The zero-order chi connectivity index (χ0) is 19.5. The molecule has 0 bridgehead atoms. The van der Waals surface area contributed by atoms with E-state index in [2.05, 4.69) is 13.8 Å². The monoisotopic (exact) mass is 361 g/mol. The lowest BCUT2D eigenvalue weighted by Gasteiger charge is -2.23. The molecule has 0 aromatic heterocycles. The van der Waals surface area contributed by atoms with Crippen molar-refractivity contribution in [3.05, 3.63) is 35.4 Å². The lowest BCUT2D eigenvalue weighted by atomic mass is 10.0. The highest BCUT2D eigenvalue weighted by Gasteiger charge is 2.17. The second-order valence-electron chi connectivity index (χ2n) is 6.91. The smallest absolute Gasteiger partial charge is 0.307 e. The summed E-state index contributed by atoms with van der Waals surface area (Å²) in [4.78, 5) is 38.0. The Morgan fingerprint density at radius 3 is 2.23 bits per heavy atom. The van der Waals surface area contributed by atoms with Crippen LogP contribution in [0.4, 0.5) is 0 Å². The molecule has 0 radical (unpaired) electrons. The normalized spacial score (nSPS) is 10.7. The Labute approximate surface area is 156 Å². The lowest BCUT2D eigenvalue weighted by molar-refractivity contribution is -0.144. The summed E-state index contributed by atoms with van der Waals surface area (Å²) >= 11 is 0. The number of hydrogen-bond donors (Lipinski definition) is 0. The predicted octanol–water partition coefficient (Wildman–Crippen LogP) is 3.79. The van der Waals surface area contributed by atoms with Crippen LogP contribution in [0.15, 0.2) is 24.3 Å². The summed E-state index contributed by atoms with van der Waals surface area (Å²) in [5, 5.41) is 0. The minimum Gasteiger partial charge on any atom is -0.466 e. The molecule has 5 nitrogen and oxygen atoms in total. The van der Waals surface area contributed by atoms with Gasteiger partial charge in [-0.2, -0.15) is 0 Å². The Morgan fingerprint density at radius 1 is 1.00 bits per heavy atom. The quantitative estimate of drug-likeness (QED) is 0.444.